The zero-order valence-electron chi connectivity index (χ0n) is 17.9. The van der Waals surface area contributed by atoms with Crippen molar-refractivity contribution in [2.75, 3.05) is 6.61 Å². The Morgan fingerprint density at radius 3 is 2.06 bits per heavy atom. The summed E-state index contributed by atoms with van der Waals surface area (Å²) in [5.41, 5.74) is 7.90. The SMILES string of the molecule is CC(O)CC(=O)N(N[C@@H](CO)C(=O)N[C@@H](Cc1ccccc1)C(=O)O)[C@@H](CC(N)=O)C(=O)O. The van der Waals surface area contributed by atoms with Crippen molar-refractivity contribution in [1.29, 1.82) is 0 Å². The van der Waals surface area contributed by atoms with E-state index in [0.717, 1.165) is 0 Å². The molecule has 0 bridgehead atoms. The average molecular weight is 468 g/mol. The van der Waals surface area contributed by atoms with Crippen LogP contribution in [0.5, 0.6) is 0 Å². The number of hydrogen-bond acceptors (Lipinski definition) is 8. The van der Waals surface area contributed by atoms with Crippen molar-refractivity contribution in [3.05, 3.63) is 35.9 Å². The topological polar surface area (TPSA) is 220 Å². The molecule has 0 radical (unpaired) electrons. The average Bonchev–Trinajstić information content (AvgIpc) is 2.72. The molecule has 0 aliphatic rings. The zero-order valence-corrected chi connectivity index (χ0v) is 17.9. The second-order valence-corrected chi connectivity index (χ2v) is 7.29. The minimum Gasteiger partial charge on any atom is -0.480 e. The lowest BCUT2D eigenvalue weighted by atomic mass is 10.1. The highest BCUT2D eigenvalue weighted by Gasteiger charge is 2.35. The molecule has 1 rings (SSSR count). The molecule has 3 amide bonds. The van der Waals surface area contributed by atoms with Crippen LogP contribution >= 0.6 is 0 Å². The van der Waals surface area contributed by atoms with Crippen LogP contribution in [0.15, 0.2) is 30.3 Å². The van der Waals surface area contributed by atoms with Gasteiger partial charge in [-0.3, -0.25) is 19.4 Å². The minimum atomic E-state index is -1.85. The van der Waals surface area contributed by atoms with E-state index in [-0.39, 0.29) is 6.42 Å². The van der Waals surface area contributed by atoms with Crippen LogP contribution in [0.4, 0.5) is 0 Å². The summed E-state index contributed by atoms with van der Waals surface area (Å²) in [6, 6.07) is 3.51. The van der Waals surface area contributed by atoms with Crippen molar-refractivity contribution < 1.29 is 44.4 Å². The zero-order chi connectivity index (χ0) is 25.1. The Labute approximate surface area is 189 Å². The van der Waals surface area contributed by atoms with Gasteiger partial charge in [0.2, 0.25) is 17.7 Å². The number of primary amides is 1. The fraction of sp³-hybridized carbons (Fsp3) is 0.450. The van der Waals surface area contributed by atoms with Crippen molar-refractivity contribution in [1.82, 2.24) is 15.8 Å². The quantitative estimate of drug-likeness (QED) is 0.143. The summed E-state index contributed by atoms with van der Waals surface area (Å²) in [4.78, 5) is 59.7. The number of aliphatic carboxylic acids is 2. The molecule has 1 aromatic carbocycles. The van der Waals surface area contributed by atoms with Crippen molar-refractivity contribution in [3.63, 3.8) is 0 Å². The van der Waals surface area contributed by atoms with Crippen molar-refractivity contribution in [2.24, 2.45) is 5.73 Å². The third kappa shape index (κ3) is 9.22. The maximum atomic E-state index is 12.7. The number of amides is 3. The van der Waals surface area contributed by atoms with Crippen LogP contribution in [-0.4, -0.2) is 85.9 Å². The lowest BCUT2D eigenvalue weighted by molar-refractivity contribution is -0.157. The standard InChI is InChI=1S/C20H28N4O9/c1-11(26)7-17(28)24(15(20(32)33)9-16(21)27)23-14(10-25)18(29)22-13(19(30)31)8-12-5-3-2-4-6-12/h2-6,11,13-15,23,25-26H,7-10H2,1H3,(H2,21,27)(H,22,29)(H,30,31)(H,32,33)/t11?,13-,14-,15-/m0/s1. The van der Waals surface area contributed by atoms with Gasteiger partial charge in [0.15, 0.2) is 6.04 Å². The Balaban J connectivity index is 3.09. The van der Waals surface area contributed by atoms with Gasteiger partial charge in [-0.05, 0) is 12.5 Å². The number of carboxylic acids is 2. The number of carbonyl (C=O) groups is 5. The number of nitrogens with two attached hydrogens (primary N) is 1. The molecule has 0 aliphatic heterocycles. The fourth-order valence-electron chi connectivity index (χ4n) is 2.84. The van der Waals surface area contributed by atoms with Gasteiger partial charge in [-0.1, -0.05) is 30.3 Å². The van der Waals surface area contributed by atoms with E-state index < -0.39 is 73.3 Å². The maximum Gasteiger partial charge on any atom is 0.328 e. The number of hydrogen-bond donors (Lipinski definition) is 7. The molecule has 0 aromatic heterocycles. The molecule has 33 heavy (non-hydrogen) atoms. The van der Waals surface area contributed by atoms with Crippen LogP contribution in [0.3, 0.4) is 0 Å². The van der Waals surface area contributed by atoms with Crippen LogP contribution in [0.1, 0.15) is 25.3 Å². The van der Waals surface area contributed by atoms with Crippen LogP contribution in [0, 0.1) is 0 Å². The molecule has 0 saturated carbocycles. The van der Waals surface area contributed by atoms with Gasteiger partial charge in [0, 0.05) is 6.42 Å². The van der Waals surface area contributed by atoms with Crippen molar-refractivity contribution in [2.45, 2.75) is 50.4 Å². The molecule has 0 heterocycles. The Morgan fingerprint density at radius 2 is 1.61 bits per heavy atom. The maximum absolute atomic E-state index is 12.7. The largest absolute Gasteiger partial charge is 0.480 e. The first-order chi connectivity index (χ1) is 15.5. The number of carbonyl (C=O) groups excluding carboxylic acids is 3. The van der Waals surface area contributed by atoms with Gasteiger partial charge in [-0.15, -0.1) is 0 Å². The van der Waals surface area contributed by atoms with Crippen LogP contribution in [-0.2, 0) is 30.4 Å². The van der Waals surface area contributed by atoms with E-state index in [4.69, 9.17) is 5.73 Å². The lowest BCUT2D eigenvalue weighted by Gasteiger charge is -2.32. The monoisotopic (exact) mass is 468 g/mol. The summed E-state index contributed by atoms with van der Waals surface area (Å²) in [6.07, 6.45) is -2.65. The summed E-state index contributed by atoms with van der Waals surface area (Å²) < 4.78 is 0. The number of hydrazine groups is 1. The van der Waals surface area contributed by atoms with E-state index in [2.05, 4.69) is 10.7 Å². The first-order valence-electron chi connectivity index (χ1n) is 9.91. The highest BCUT2D eigenvalue weighted by atomic mass is 16.4. The van der Waals surface area contributed by atoms with Gasteiger partial charge in [-0.25, -0.2) is 15.0 Å². The Bertz CT molecular complexity index is 847. The van der Waals surface area contributed by atoms with E-state index in [1.807, 2.05) is 0 Å². The smallest absolute Gasteiger partial charge is 0.328 e. The first-order valence-corrected chi connectivity index (χ1v) is 9.91. The number of carboxylic acid groups (broad SMARTS) is 2. The highest BCUT2D eigenvalue weighted by Crippen LogP contribution is 2.09. The molecule has 0 aliphatic carbocycles. The van der Waals surface area contributed by atoms with E-state index in [1.54, 1.807) is 30.3 Å². The van der Waals surface area contributed by atoms with E-state index in [1.165, 1.54) is 6.92 Å². The number of aliphatic hydroxyl groups is 2. The molecule has 4 atom stereocenters. The lowest BCUT2D eigenvalue weighted by Crippen LogP contribution is -2.62. The van der Waals surface area contributed by atoms with Gasteiger partial charge in [-0.2, -0.15) is 0 Å². The minimum absolute atomic E-state index is 0.0792. The molecule has 8 N–H and O–H groups in total. The van der Waals surface area contributed by atoms with Gasteiger partial charge in [0.05, 0.1) is 25.6 Å². The van der Waals surface area contributed by atoms with E-state index in [9.17, 15) is 44.4 Å². The summed E-state index contributed by atoms with van der Waals surface area (Å²) in [7, 11) is 0. The number of aliphatic hydroxyl groups excluding tert-OH is 2. The van der Waals surface area contributed by atoms with Crippen LogP contribution in [0.25, 0.3) is 0 Å². The summed E-state index contributed by atoms with van der Waals surface area (Å²) in [5.74, 6) is -6.09. The van der Waals surface area contributed by atoms with Gasteiger partial charge in [0.1, 0.15) is 12.1 Å². The number of benzene rings is 1. The second-order valence-electron chi connectivity index (χ2n) is 7.29. The predicted molar refractivity (Wildman–Crippen MR) is 112 cm³/mol. The first kappa shape index (κ1) is 27.5. The van der Waals surface area contributed by atoms with Crippen molar-refractivity contribution in [3.8, 4) is 0 Å². The Morgan fingerprint density at radius 1 is 1.00 bits per heavy atom. The molecule has 1 unspecified atom stereocenters. The molecule has 182 valence electrons. The molecule has 0 fully saturated rings. The molecular weight excluding hydrogens is 440 g/mol. The predicted octanol–water partition coefficient (Wildman–Crippen LogP) is -2.41. The second kappa shape index (κ2) is 13.1. The van der Waals surface area contributed by atoms with Crippen LogP contribution < -0.4 is 16.5 Å². The van der Waals surface area contributed by atoms with Crippen LogP contribution in [0.2, 0.25) is 0 Å². The molecule has 13 heteroatoms. The Kier molecular flexibility index (Phi) is 10.9. The van der Waals surface area contributed by atoms with E-state index >= 15 is 0 Å². The normalized spacial score (nSPS) is 14.4. The van der Waals surface area contributed by atoms with Gasteiger partial charge >= 0.3 is 11.9 Å². The molecule has 0 spiro atoms. The summed E-state index contributed by atoms with van der Waals surface area (Å²) >= 11 is 0. The van der Waals surface area contributed by atoms with Gasteiger partial charge < -0.3 is 31.5 Å². The van der Waals surface area contributed by atoms with E-state index in [0.29, 0.717) is 10.6 Å². The molecule has 0 saturated heterocycles. The van der Waals surface area contributed by atoms with Crippen molar-refractivity contribution >= 4 is 29.7 Å². The molecule has 13 nitrogen and oxygen atoms in total. The third-order valence-electron chi connectivity index (χ3n) is 4.42. The Hall–Kier alpha value is -3.55. The number of nitrogens with one attached hydrogen (secondary N) is 2. The summed E-state index contributed by atoms with van der Waals surface area (Å²) in [6.45, 7) is 0.308. The fourth-order valence-corrected chi connectivity index (χ4v) is 2.84. The van der Waals surface area contributed by atoms with Gasteiger partial charge in [0.25, 0.3) is 0 Å². The third-order valence-corrected chi connectivity index (χ3v) is 4.42. The molecule has 1 aromatic rings. The molecular formula is C20H28N4O9. The summed E-state index contributed by atoms with van der Waals surface area (Å²) in [5, 5.41) is 40.7. The number of nitrogens with zero attached hydrogens (tertiary/aromatic N) is 1. The number of rotatable bonds is 14. The highest BCUT2D eigenvalue weighted by molar-refractivity contribution is 5.90.